The lowest BCUT2D eigenvalue weighted by atomic mass is 10.1. The van der Waals surface area contributed by atoms with E-state index in [9.17, 15) is 0 Å². The Morgan fingerprint density at radius 2 is 1.89 bits per heavy atom. The van der Waals surface area contributed by atoms with Crippen LogP contribution in [0.2, 0.25) is 0 Å². The van der Waals surface area contributed by atoms with Crippen molar-refractivity contribution in [3.05, 3.63) is 0 Å². The van der Waals surface area contributed by atoms with Crippen LogP contribution >= 0.6 is 0 Å². The maximum Gasteiger partial charge on any atom is 0.0587 e. The summed E-state index contributed by atoms with van der Waals surface area (Å²) in [5, 5.41) is 3.57. The van der Waals surface area contributed by atoms with Gasteiger partial charge in [-0.2, -0.15) is 0 Å². The minimum atomic E-state index is 0.536. The van der Waals surface area contributed by atoms with Crippen molar-refractivity contribution >= 4 is 0 Å². The number of piperidine rings is 1. The van der Waals surface area contributed by atoms with Gasteiger partial charge in [-0.3, -0.25) is 0 Å². The second-order valence-corrected chi connectivity index (χ2v) is 5.78. The molecule has 0 radical (unpaired) electrons. The Morgan fingerprint density at radius 1 is 1.00 bits per heavy atom. The molecule has 1 N–H and O–H groups in total. The van der Waals surface area contributed by atoms with Crippen LogP contribution in [0.15, 0.2) is 0 Å². The highest BCUT2D eigenvalue weighted by Crippen LogP contribution is 2.14. The van der Waals surface area contributed by atoms with Gasteiger partial charge in [0.05, 0.1) is 6.10 Å². The summed E-state index contributed by atoms with van der Waals surface area (Å²) < 4.78 is 5.73. The fraction of sp³-hybridized carbons (Fsp3) is 1.00. The van der Waals surface area contributed by atoms with Gasteiger partial charge in [0.2, 0.25) is 0 Å². The first-order chi connectivity index (χ1) is 8.95. The summed E-state index contributed by atoms with van der Waals surface area (Å²) in [5.74, 6) is 0. The number of hydrogen-bond acceptors (Lipinski definition) is 3. The fourth-order valence-electron chi connectivity index (χ4n) is 3.03. The minimum Gasteiger partial charge on any atom is -0.378 e. The molecule has 3 nitrogen and oxygen atoms in total. The first-order valence-electron chi connectivity index (χ1n) is 8.00. The van der Waals surface area contributed by atoms with E-state index in [1.165, 1.54) is 77.5 Å². The number of ether oxygens (including phenoxy) is 1. The Bertz CT molecular complexity index is 177. The lowest BCUT2D eigenvalue weighted by molar-refractivity contribution is 0.0116. The summed E-state index contributed by atoms with van der Waals surface area (Å²) in [7, 11) is 0. The second kappa shape index (κ2) is 8.89. The van der Waals surface area contributed by atoms with Gasteiger partial charge in [-0.15, -0.1) is 0 Å². The number of nitrogens with zero attached hydrogens (tertiary/aromatic N) is 1. The predicted octanol–water partition coefficient (Wildman–Crippen LogP) is 2.41. The first kappa shape index (κ1) is 14.3. The van der Waals surface area contributed by atoms with E-state index >= 15 is 0 Å². The normalized spacial score (nSPS) is 26.3. The van der Waals surface area contributed by atoms with Gasteiger partial charge < -0.3 is 15.0 Å². The third-order valence-electron chi connectivity index (χ3n) is 4.19. The lowest BCUT2D eigenvalue weighted by Crippen LogP contribution is -2.32. The second-order valence-electron chi connectivity index (χ2n) is 5.78. The van der Waals surface area contributed by atoms with E-state index in [4.69, 9.17) is 4.74 Å². The SMILES string of the molecule is C1CCN(CCCNCCC2CCCCO2)CC1. The topological polar surface area (TPSA) is 24.5 Å². The summed E-state index contributed by atoms with van der Waals surface area (Å²) in [6, 6.07) is 0. The van der Waals surface area contributed by atoms with Crippen LogP contribution in [0.4, 0.5) is 0 Å². The summed E-state index contributed by atoms with van der Waals surface area (Å²) in [4.78, 5) is 2.62. The highest BCUT2D eigenvalue weighted by Gasteiger charge is 2.13. The largest absolute Gasteiger partial charge is 0.378 e. The number of nitrogens with one attached hydrogen (secondary N) is 1. The molecule has 0 spiro atoms. The number of rotatable bonds is 7. The summed E-state index contributed by atoms with van der Waals surface area (Å²) in [6.07, 6.45) is 11.2. The van der Waals surface area contributed by atoms with E-state index in [1.807, 2.05) is 0 Å². The highest BCUT2D eigenvalue weighted by atomic mass is 16.5. The zero-order valence-corrected chi connectivity index (χ0v) is 11.8. The van der Waals surface area contributed by atoms with Crippen molar-refractivity contribution in [3.63, 3.8) is 0 Å². The third-order valence-corrected chi connectivity index (χ3v) is 4.19. The quantitative estimate of drug-likeness (QED) is 0.706. The van der Waals surface area contributed by atoms with Gasteiger partial charge in [0.1, 0.15) is 0 Å². The van der Waals surface area contributed by atoms with Crippen molar-refractivity contribution in [2.24, 2.45) is 0 Å². The Morgan fingerprint density at radius 3 is 2.67 bits per heavy atom. The van der Waals surface area contributed by atoms with Crippen LogP contribution in [0, 0.1) is 0 Å². The van der Waals surface area contributed by atoms with Gasteiger partial charge in [0.25, 0.3) is 0 Å². The van der Waals surface area contributed by atoms with Gasteiger partial charge in [0.15, 0.2) is 0 Å². The molecule has 2 fully saturated rings. The molecule has 106 valence electrons. The smallest absolute Gasteiger partial charge is 0.0587 e. The predicted molar refractivity (Wildman–Crippen MR) is 76.0 cm³/mol. The Labute approximate surface area is 112 Å². The molecule has 2 saturated heterocycles. The Hall–Kier alpha value is -0.120. The molecule has 0 bridgehead atoms. The molecule has 18 heavy (non-hydrogen) atoms. The average molecular weight is 254 g/mol. The number of hydrogen-bond donors (Lipinski definition) is 1. The molecule has 1 atom stereocenters. The van der Waals surface area contributed by atoms with Gasteiger partial charge in [0, 0.05) is 6.61 Å². The first-order valence-corrected chi connectivity index (χ1v) is 8.00. The van der Waals surface area contributed by atoms with Crippen LogP contribution in [0.3, 0.4) is 0 Å². The number of likely N-dealkylation sites (tertiary alicyclic amines) is 1. The molecule has 2 aliphatic heterocycles. The van der Waals surface area contributed by atoms with E-state index in [1.54, 1.807) is 0 Å². The fourth-order valence-corrected chi connectivity index (χ4v) is 3.03. The summed E-state index contributed by atoms with van der Waals surface area (Å²) in [6.45, 7) is 7.23. The molecule has 0 aromatic carbocycles. The van der Waals surface area contributed by atoms with Crippen LogP contribution in [0.5, 0.6) is 0 Å². The van der Waals surface area contributed by atoms with E-state index in [0.717, 1.165) is 13.2 Å². The van der Waals surface area contributed by atoms with Crippen molar-refractivity contribution in [1.82, 2.24) is 10.2 Å². The van der Waals surface area contributed by atoms with Crippen molar-refractivity contribution in [2.75, 3.05) is 39.3 Å². The minimum absolute atomic E-state index is 0.536. The van der Waals surface area contributed by atoms with Crippen molar-refractivity contribution in [1.29, 1.82) is 0 Å². The van der Waals surface area contributed by atoms with Gasteiger partial charge in [-0.1, -0.05) is 6.42 Å². The molecular weight excluding hydrogens is 224 g/mol. The van der Waals surface area contributed by atoms with E-state index < -0.39 is 0 Å². The lowest BCUT2D eigenvalue weighted by Gasteiger charge is -2.26. The molecule has 2 rings (SSSR count). The molecule has 0 amide bonds. The summed E-state index contributed by atoms with van der Waals surface area (Å²) in [5.41, 5.74) is 0. The molecule has 1 unspecified atom stereocenters. The van der Waals surface area contributed by atoms with Crippen molar-refractivity contribution in [3.8, 4) is 0 Å². The Balaban J connectivity index is 1.39. The molecule has 2 heterocycles. The molecular formula is C15H30N2O. The molecule has 0 aromatic rings. The molecule has 3 heteroatoms. The maximum absolute atomic E-state index is 5.73. The molecule has 0 aromatic heterocycles. The monoisotopic (exact) mass is 254 g/mol. The molecule has 0 saturated carbocycles. The van der Waals surface area contributed by atoms with E-state index in [0.29, 0.717) is 6.10 Å². The highest BCUT2D eigenvalue weighted by molar-refractivity contribution is 4.67. The molecule has 0 aliphatic carbocycles. The van der Waals surface area contributed by atoms with Crippen LogP contribution < -0.4 is 5.32 Å². The van der Waals surface area contributed by atoms with Crippen LogP contribution in [-0.2, 0) is 4.74 Å². The molecule has 2 aliphatic rings. The van der Waals surface area contributed by atoms with Gasteiger partial charge in [-0.25, -0.2) is 0 Å². The van der Waals surface area contributed by atoms with Crippen LogP contribution in [0.25, 0.3) is 0 Å². The van der Waals surface area contributed by atoms with Crippen molar-refractivity contribution in [2.45, 2.75) is 57.5 Å². The van der Waals surface area contributed by atoms with Crippen LogP contribution in [-0.4, -0.2) is 50.3 Å². The Kier molecular flexibility index (Phi) is 7.06. The van der Waals surface area contributed by atoms with Gasteiger partial charge in [-0.05, 0) is 77.7 Å². The average Bonchev–Trinajstić information content (AvgIpc) is 2.45. The zero-order valence-electron chi connectivity index (χ0n) is 11.8. The standard InChI is InChI=1S/C15H30N2O/c1-3-11-17(12-4-1)13-6-9-16-10-8-15-7-2-5-14-18-15/h15-16H,1-14H2. The summed E-state index contributed by atoms with van der Waals surface area (Å²) >= 11 is 0. The van der Waals surface area contributed by atoms with Crippen molar-refractivity contribution < 1.29 is 4.74 Å². The van der Waals surface area contributed by atoms with E-state index in [-0.39, 0.29) is 0 Å². The zero-order chi connectivity index (χ0) is 12.5. The van der Waals surface area contributed by atoms with Gasteiger partial charge >= 0.3 is 0 Å². The van der Waals surface area contributed by atoms with Crippen LogP contribution in [0.1, 0.15) is 51.4 Å². The maximum atomic E-state index is 5.73. The van der Waals surface area contributed by atoms with E-state index in [2.05, 4.69) is 10.2 Å². The third kappa shape index (κ3) is 5.68.